The molecule has 1 aliphatic heterocycles. The zero-order valence-corrected chi connectivity index (χ0v) is 8.03. The van der Waals surface area contributed by atoms with Crippen LogP contribution in [-0.4, -0.2) is 24.0 Å². The summed E-state index contributed by atoms with van der Waals surface area (Å²) in [5, 5.41) is 17.3. The Morgan fingerprint density at radius 3 is 2.92 bits per heavy atom. The first kappa shape index (κ1) is 10.0. The highest BCUT2D eigenvalue weighted by Crippen LogP contribution is 2.18. The Labute approximate surface area is 79.6 Å². The number of nitriles is 2. The van der Waals surface area contributed by atoms with Gasteiger partial charge in [0.25, 0.3) is 0 Å². The highest BCUT2D eigenvalue weighted by molar-refractivity contribution is 4.91. The highest BCUT2D eigenvalue weighted by Gasteiger charge is 2.22. The fourth-order valence-corrected chi connectivity index (χ4v) is 1.77. The monoisotopic (exact) mass is 177 g/mol. The van der Waals surface area contributed by atoms with Crippen LogP contribution in [0.5, 0.6) is 0 Å². The smallest absolute Gasteiger partial charge is 0.0669 e. The van der Waals surface area contributed by atoms with Crippen LogP contribution >= 0.6 is 0 Å². The quantitative estimate of drug-likeness (QED) is 0.642. The second-order valence-corrected chi connectivity index (χ2v) is 3.67. The molecule has 0 aromatic carbocycles. The van der Waals surface area contributed by atoms with Crippen LogP contribution < -0.4 is 0 Å². The SMILES string of the molecule is CC(CC#N)N1CCCC(C#N)C1. The third-order valence-electron chi connectivity index (χ3n) is 2.65. The van der Waals surface area contributed by atoms with Gasteiger partial charge in [0.05, 0.1) is 24.5 Å². The Morgan fingerprint density at radius 2 is 2.31 bits per heavy atom. The van der Waals surface area contributed by atoms with Crippen molar-refractivity contribution in [1.29, 1.82) is 10.5 Å². The minimum Gasteiger partial charge on any atom is -0.298 e. The Kier molecular flexibility index (Phi) is 3.73. The molecule has 0 radical (unpaired) electrons. The molecule has 3 heteroatoms. The van der Waals surface area contributed by atoms with Gasteiger partial charge in [-0.15, -0.1) is 0 Å². The van der Waals surface area contributed by atoms with Crippen LogP contribution in [0, 0.1) is 28.6 Å². The molecular formula is C10H15N3. The first-order valence-corrected chi connectivity index (χ1v) is 4.78. The molecule has 2 atom stereocenters. The molecule has 0 aromatic heterocycles. The van der Waals surface area contributed by atoms with E-state index >= 15 is 0 Å². The Morgan fingerprint density at radius 1 is 1.54 bits per heavy atom. The van der Waals surface area contributed by atoms with E-state index in [1.54, 1.807) is 0 Å². The van der Waals surface area contributed by atoms with Crippen molar-refractivity contribution in [1.82, 2.24) is 4.90 Å². The van der Waals surface area contributed by atoms with Gasteiger partial charge in [0.2, 0.25) is 0 Å². The molecule has 70 valence electrons. The molecule has 1 heterocycles. The van der Waals surface area contributed by atoms with Crippen molar-refractivity contribution in [2.24, 2.45) is 5.92 Å². The molecule has 0 N–H and O–H groups in total. The predicted octanol–water partition coefficient (Wildman–Crippen LogP) is 1.52. The summed E-state index contributed by atoms with van der Waals surface area (Å²) in [6, 6.07) is 4.79. The van der Waals surface area contributed by atoms with E-state index in [0.717, 1.165) is 25.9 Å². The number of rotatable bonds is 2. The van der Waals surface area contributed by atoms with Crippen molar-refractivity contribution in [3.8, 4) is 12.1 Å². The number of hydrogen-bond acceptors (Lipinski definition) is 3. The molecule has 1 saturated heterocycles. The van der Waals surface area contributed by atoms with E-state index in [9.17, 15) is 0 Å². The molecule has 1 fully saturated rings. The maximum atomic E-state index is 8.78. The first-order chi connectivity index (χ1) is 6.27. The van der Waals surface area contributed by atoms with Crippen molar-refractivity contribution in [3.05, 3.63) is 0 Å². The molecule has 0 aliphatic carbocycles. The van der Waals surface area contributed by atoms with Crippen LogP contribution in [0.25, 0.3) is 0 Å². The maximum absolute atomic E-state index is 8.78. The second kappa shape index (κ2) is 4.84. The summed E-state index contributed by atoms with van der Waals surface area (Å²) >= 11 is 0. The van der Waals surface area contributed by atoms with Crippen LogP contribution in [-0.2, 0) is 0 Å². The third-order valence-corrected chi connectivity index (χ3v) is 2.65. The van der Waals surface area contributed by atoms with Crippen LogP contribution in [0.2, 0.25) is 0 Å². The number of piperidine rings is 1. The lowest BCUT2D eigenvalue weighted by atomic mass is 9.98. The highest BCUT2D eigenvalue weighted by atomic mass is 15.2. The lowest BCUT2D eigenvalue weighted by Gasteiger charge is -2.33. The molecule has 0 aromatic rings. The van der Waals surface area contributed by atoms with Crippen molar-refractivity contribution < 1.29 is 0 Å². The largest absolute Gasteiger partial charge is 0.298 e. The maximum Gasteiger partial charge on any atom is 0.0669 e. The van der Waals surface area contributed by atoms with E-state index in [-0.39, 0.29) is 5.92 Å². The van der Waals surface area contributed by atoms with Crippen molar-refractivity contribution >= 4 is 0 Å². The summed E-state index contributed by atoms with van der Waals surface area (Å²) in [5.41, 5.74) is 0. The standard InChI is InChI=1S/C10H15N3/c1-9(4-5-11)13-6-2-3-10(7-12)8-13/h9-10H,2-4,6,8H2,1H3. The second-order valence-electron chi connectivity index (χ2n) is 3.67. The van der Waals surface area contributed by atoms with Gasteiger partial charge in [-0.1, -0.05) is 0 Å². The fraction of sp³-hybridized carbons (Fsp3) is 0.800. The van der Waals surface area contributed by atoms with Gasteiger partial charge in [-0.05, 0) is 26.3 Å². The van der Waals surface area contributed by atoms with Crippen LogP contribution in [0.1, 0.15) is 26.2 Å². The van der Waals surface area contributed by atoms with Gasteiger partial charge < -0.3 is 0 Å². The summed E-state index contributed by atoms with van der Waals surface area (Å²) in [4.78, 5) is 2.25. The normalized spacial score (nSPS) is 25.9. The zero-order chi connectivity index (χ0) is 9.68. The molecule has 0 bridgehead atoms. The van der Waals surface area contributed by atoms with Crippen LogP contribution in [0.4, 0.5) is 0 Å². The van der Waals surface area contributed by atoms with Crippen LogP contribution in [0.3, 0.4) is 0 Å². The molecule has 1 aliphatic rings. The van der Waals surface area contributed by atoms with E-state index in [0.29, 0.717) is 12.5 Å². The molecule has 2 unspecified atom stereocenters. The van der Waals surface area contributed by atoms with E-state index in [2.05, 4.69) is 24.0 Å². The number of likely N-dealkylation sites (tertiary alicyclic amines) is 1. The van der Waals surface area contributed by atoms with Gasteiger partial charge in [0.15, 0.2) is 0 Å². The Hall–Kier alpha value is -1.06. The summed E-state index contributed by atoms with van der Waals surface area (Å²) in [5.74, 6) is 0.176. The van der Waals surface area contributed by atoms with Gasteiger partial charge in [0, 0.05) is 12.6 Å². The zero-order valence-electron chi connectivity index (χ0n) is 8.03. The molecule has 0 saturated carbocycles. The van der Waals surface area contributed by atoms with E-state index < -0.39 is 0 Å². The molecule has 1 rings (SSSR count). The van der Waals surface area contributed by atoms with Gasteiger partial charge in [-0.25, -0.2) is 0 Å². The van der Waals surface area contributed by atoms with Crippen molar-refractivity contribution in [2.75, 3.05) is 13.1 Å². The summed E-state index contributed by atoms with van der Waals surface area (Å²) in [6.07, 6.45) is 2.68. The Bertz CT molecular complexity index is 236. The minimum absolute atomic E-state index is 0.176. The minimum atomic E-state index is 0.176. The van der Waals surface area contributed by atoms with Gasteiger partial charge in [0.1, 0.15) is 0 Å². The third kappa shape index (κ3) is 2.72. The number of hydrogen-bond donors (Lipinski definition) is 0. The molecule has 0 amide bonds. The molecule has 0 spiro atoms. The summed E-state index contributed by atoms with van der Waals surface area (Å²) in [7, 11) is 0. The number of nitrogens with zero attached hydrogens (tertiary/aromatic N) is 3. The first-order valence-electron chi connectivity index (χ1n) is 4.78. The molecule has 13 heavy (non-hydrogen) atoms. The predicted molar refractivity (Wildman–Crippen MR) is 49.6 cm³/mol. The van der Waals surface area contributed by atoms with E-state index in [4.69, 9.17) is 10.5 Å². The van der Waals surface area contributed by atoms with Gasteiger partial charge >= 0.3 is 0 Å². The average Bonchev–Trinajstić information content (AvgIpc) is 2.18. The topological polar surface area (TPSA) is 50.8 Å². The van der Waals surface area contributed by atoms with Gasteiger partial charge in [-0.2, -0.15) is 10.5 Å². The van der Waals surface area contributed by atoms with Gasteiger partial charge in [-0.3, -0.25) is 4.90 Å². The van der Waals surface area contributed by atoms with E-state index in [1.807, 2.05) is 0 Å². The Balaban J connectivity index is 2.43. The van der Waals surface area contributed by atoms with Crippen LogP contribution in [0.15, 0.2) is 0 Å². The lowest BCUT2D eigenvalue weighted by molar-refractivity contribution is 0.153. The molecular weight excluding hydrogens is 162 g/mol. The van der Waals surface area contributed by atoms with Crippen molar-refractivity contribution in [3.63, 3.8) is 0 Å². The summed E-state index contributed by atoms with van der Waals surface area (Å²) < 4.78 is 0. The fourth-order valence-electron chi connectivity index (χ4n) is 1.77. The average molecular weight is 177 g/mol. The van der Waals surface area contributed by atoms with E-state index in [1.165, 1.54) is 0 Å². The lowest BCUT2D eigenvalue weighted by Crippen LogP contribution is -2.40. The summed E-state index contributed by atoms with van der Waals surface area (Å²) in [6.45, 7) is 3.95. The van der Waals surface area contributed by atoms with Crippen molar-refractivity contribution in [2.45, 2.75) is 32.2 Å². The molecule has 3 nitrogen and oxygen atoms in total.